The van der Waals surface area contributed by atoms with Crippen LogP contribution in [-0.2, 0) is 11.3 Å². The third-order valence-electron chi connectivity index (χ3n) is 3.78. The number of carbonyl (C=O) groups is 1. The molecule has 1 aliphatic heterocycles. The number of fused-ring (bicyclic) bond motifs is 1. The number of rotatable bonds is 5. The minimum atomic E-state index is -0.782. The molecule has 1 unspecified atom stereocenters. The fourth-order valence-electron chi connectivity index (χ4n) is 2.87. The molecule has 3 rings (SSSR count). The van der Waals surface area contributed by atoms with E-state index in [4.69, 9.17) is 5.11 Å². The molecule has 0 spiro atoms. The maximum atomic E-state index is 11.0. The van der Waals surface area contributed by atoms with Crippen LogP contribution in [0.5, 0.6) is 0 Å². The minimum absolute atomic E-state index is 0. The molecular formula is C15H17N3NaO2. The van der Waals surface area contributed by atoms with Crippen LogP contribution in [-0.4, -0.2) is 63.3 Å². The van der Waals surface area contributed by atoms with Crippen molar-refractivity contribution in [2.45, 2.75) is 18.9 Å². The first-order chi connectivity index (χ1) is 9.74. The van der Waals surface area contributed by atoms with Crippen molar-refractivity contribution in [3.8, 4) is 0 Å². The Hall–Kier alpha value is -1.30. The monoisotopic (exact) mass is 294 g/mol. The maximum absolute atomic E-state index is 11.0. The summed E-state index contributed by atoms with van der Waals surface area (Å²) in [5.41, 5.74) is 2.32. The summed E-state index contributed by atoms with van der Waals surface area (Å²) in [4.78, 5) is 17.0. The van der Waals surface area contributed by atoms with E-state index in [-0.39, 0.29) is 36.1 Å². The molecule has 2 heterocycles. The summed E-state index contributed by atoms with van der Waals surface area (Å²) in [7, 11) is 0. The zero-order valence-corrected chi connectivity index (χ0v) is 14.1. The number of imidazole rings is 1. The summed E-state index contributed by atoms with van der Waals surface area (Å²) in [5, 5.41) is 9.01. The normalized spacial score (nSPS) is 16.4. The van der Waals surface area contributed by atoms with Gasteiger partial charge >= 0.3 is 5.97 Å². The van der Waals surface area contributed by atoms with Crippen LogP contribution in [0.15, 0.2) is 43.0 Å². The van der Waals surface area contributed by atoms with E-state index in [0.29, 0.717) is 5.92 Å². The van der Waals surface area contributed by atoms with Gasteiger partial charge in [0, 0.05) is 66.6 Å². The Morgan fingerprint density at radius 3 is 2.90 bits per heavy atom. The van der Waals surface area contributed by atoms with Gasteiger partial charge < -0.3 is 14.6 Å². The number of anilines is 1. The smallest absolute Gasteiger partial charge is 0.323 e. The average molecular weight is 294 g/mol. The molecule has 5 nitrogen and oxygen atoms in total. The molecule has 0 saturated carbocycles. The van der Waals surface area contributed by atoms with E-state index >= 15 is 0 Å². The van der Waals surface area contributed by atoms with E-state index in [1.54, 1.807) is 6.20 Å². The number of aryl methyl sites for hydroxylation is 1. The van der Waals surface area contributed by atoms with Crippen LogP contribution < -0.4 is 4.90 Å². The van der Waals surface area contributed by atoms with Crippen LogP contribution in [0.4, 0.5) is 5.69 Å². The van der Waals surface area contributed by atoms with Gasteiger partial charge in [-0.3, -0.25) is 4.79 Å². The fourth-order valence-corrected chi connectivity index (χ4v) is 2.87. The minimum Gasteiger partial charge on any atom is -0.480 e. The van der Waals surface area contributed by atoms with Gasteiger partial charge in [0.1, 0.15) is 6.54 Å². The van der Waals surface area contributed by atoms with Crippen molar-refractivity contribution >= 4 is 41.2 Å². The predicted octanol–water partition coefficient (Wildman–Crippen LogP) is 1.58. The SMILES string of the molecule is O=C(O)CN1CC(CCn2ccnc2)c2ccccc21.[Na]. The summed E-state index contributed by atoms with van der Waals surface area (Å²) in [5.74, 6) is -0.400. The molecule has 0 saturated heterocycles. The number of aromatic nitrogens is 2. The molecule has 1 N–H and O–H groups in total. The van der Waals surface area contributed by atoms with Crippen LogP contribution in [0.3, 0.4) is 0 Å². The van der Waals surface area contributed by atoms with Gasteiger partial charge in [0.15, 0.2) is 0 Å². The second-order valence-corrected chi connectivity index (χ2v) is 5.12. The average Bonchev–Trinajstić information content (AvgIpc) is 3.05. The molecule has 0 aliphatic carbocycles. The van der Waals surface area contributed by atoms with Crippen molar-refractivity contribution in [3.63, 3.8) is 0 Å². The number of para-hydroxylation sites is 1. The number of benzene rings is 1. The molecule has 1 aliphatic rings. The molecule has 21 heavy (non-hydrogen) atoms. The molecule has 6 heteroatoms. The fraction of sp³-hybridized carbons (Fsp3) is 0.333. The molecule has 1 aromatic carbocycles. The Morgan fingerprint density at radius 2 is 2.19 bits per heavy atom. The number of aliphatic carboxylic acids is 1. The quantitative estimate of drug-likeness (QED) is 0.851. The summed E-state index contributed by atoms with van der Waals surface area (Å²) in [6.45, 7) is 1.75. The number of carboxylic acids is 1. The maximum Gasteiger partial charge on any atom is 0.323 e. The van der Waals surface area contributed by atoms with E-state index in [9.17, 15) is 4.79 Å². The number of hydrogen-bond acceptors (Lipinski definition) is 3. The molecule has 1 aromatic heterocycles. The van der Waals surface area contributed by atoms with E-state index in [2.05, 4.69) is 15.6 Å². The first-order valence-electron chi connectivity index (χ1n) is 6.75. The Balaban J connectivity index is 0.00000161. The van der Waals surface area contributed by atoms with Gasteiger partial charge in [-0.2, -0.15) is 0 Å². The van der Waals surface area contributed by atoms with Gasteiger partial charge in [0.05, 0.1) is 6.33 Å². The summed E-state index contributed by atoms with van der Waals surface area (Å²) in [6, 6.07) is 8.10. The van der Waals surface area contributed by atoms with E-state index in [1.807, 2.05) is 35.6 Å². The van der Waals surface area contributed by atoms with Crippen molar-refractivity contribution in [1.82, 2.24) is 9.55 Å². The van der Waals surface area contributed by atoms with Crippen molar-refractivity contribution in [2.75, 3.05) is 18.0 Å². The number of carboxylic acid groups (broad SMARTS) is 1. The van der Waals surface area contributed by atoms with Gasteiger partial charge in [-0.1, -0.05) is 18.2 Å². The largest absolute Gasteiger partial charge is 0.480 e. The van der Waals surface area contributed by atoms with Crippen LogP contribution in [0.1, 0.15) is 17.9 Å². The first kappa shape index (κ1) is 16.1. The zero-order valence-electron chi connectivity index (χ0n) is 12.1. The first-order valence-corrected chi connectivity index (χ1v) is 6.75. The van der Waals surface area contributed by atoms with Gasteiger partial charge in [-0.05, 0) is 18.1 Å². The van der Waals surface area contributed by atoms with Gasteiger partial charge in [-0.25, -0.2) is 4.98 Å². The summed E-state index contributed by atoms with van der Waals surface area (Å²) >= 11 is 0. The Labute approximate surface area is 145 Å². The number of nitrogens with zero attached hydrogens (tertiary/aromatic N) is 3. The van der Waals surface area contributed by atoms with E-state index in [1.165, 1.54) is 5.56 Å². The third-order valence-corrected chi connectivity index (χ3v) is 3.78. The summed E-state index contributed by atoms with van der Waals surface area (Å²) < 4.78 is 2.06. The molecule has 105 valence electrons. The Kier molecular flexibility index (Phi) is 5.45. The molecule has 1 radical (unpaired) electrons. The van der Waals surface area contributed by atoms with Crippen LogP contribution in [0.25, 0.3) is 0 Å². The van der Waals surface area contributed by atoms with Crippen LogP contribution in [0.2, 0.25) is 0 Å². The Morgan fingerprint density at radius 1 is 1.38 bits per heavy atom. The molecule has 0 amide bonds. The molecule has 0 fully saturated rings. The van der Waals surface area contributed by atoms with E-state index < -0.39 is 5.97 Å². The van der Waals surface area contributed by atoms with Crippen LogP contribution in [0, 0.1) is 0 Å². The summed E-state index contributed by atoms with van der Waals surface area (Å²) in [6.07, 6.45) is 6.54. The molecular weight excluding hydrogens is 277 g/mol. The Bertz CT molecular complexity index is 601. The van der Waals surface area contributed by atoms with Gasteiger partial charge in [0.2, 0.25) is 0 Å². The van der Waals surface area contributed by atoms with Gasteiger partial charge in [-0.15, -0.1) is 0 Å². The van der Waals surface area contributed by atoms with E-state index in [0.717, 1.165) is 25.2 Å². The second-order valence-electron chi connectivity index (χ2n) is 5.12. The standard InChI is InChI=1S/C15H17N3O2.Na/c19-15(20)10-18-9-12(5-7-17-8-6-16-11-17)13-3-1-2-4-14(13)18;/h1-4,6,8,11-12H,5,7,9-10H2,(H,19,20);. The molecule has 0 bridgehead atoms. The van der Waals surface area contributed by atoms with Gasteiger partial charge in [0.25, 0.3) is 0 Å². The zero-order chi connectivity index (χ0) is 13.9. The molecule has 1 atom stereocenters. The topological polar surface area (TPSA) is 58.4 Å². The van der Waals surface area contributed by atoms with Crippen molar-refractivity contribution in [3.05, 3.63) is 48.5 Å². The van der Waals surface area contributed by atoms with Crippen molar-refractivity contribution in [1.29, 1.82) is 0 Å². The molecule has 2 aromatic rings. The van der Waals surface area contributed by atoms with Crippen LogP contribution >= 0.6 is 0 Å². The third kappa shape index (κ3) is 3.67. The number of hydrogen-bond donors (Lipinski definition) is 1. The predicted molar refractivity (Wildman–Crippen MR) is 81.6 cm³/mol. The van der Waals surface area contributed by atoms with Crippen molar-refractivity contribution in [2.24, 2.45) is 0 Å². The van der Waals surface area contributed by atoms with Crippen molar-refractivity contribution < 1.29 is 9.90 Å². The second kappa shape index (κ2) is 7.11.